The molecule has 0 spiro atoms. The van der Waals surface area contributed by atoms with Crippen molar-refractivity contribution in [1.29, 1.82) is 0 Å². The summed E-state index contributed by atoms with van der Waals surface area (Å²) in [6, 6.07) is 18.5. The molecule has 2 heterocycles. The molecule has 2 aromatic carbocycles. The second-order valence-electron chi connectivity index (χ2n) is 6.81. The predicted octanol–water partition coefficient (Wildman–Crippen LogP) is 4.97. The van der Waals surface area contributed by atoms with E-state index < -0.39 is 0 Å². The summed E-state index contributed by atoms with van der Waals surface area (Å²) in [6.45, 7) is 0.426. The molecule has 32 heavy (non-hydrogen) atoms. The quantitative estimate of drug-likeness (QED) is 0.404. The van der Waals surface area contributed by atoms with Gasteiger partial charge in [0.2, 0.25) is 5.95 Å². The molecule has 2 aromatic heterocycles. The predicted molar refractivity (Wildman–Crippen MR) is 125 cm³/mol. The van der Waals surface area contributed by atoms with E-state index >= 15 is 0 Å². The fraction of sp³-hybridized carbons (Fsp3) is 0.0833. The maximum absolute atomic E-state index is 13.0. The third-order valence-corrected chi connectivity index (χ3v) is 4.85. The Morgan fingerprint density at radius 1 is 1.16 bits per heavy atom. The van der Waals surface area contributed by atoms with Gasteiger partial charge in [-0.05, 0) is 42.0 Å². The maximum Gasteiger partial charge on any atom is 0.274 e. The summed E-state index contributed by atoms with van der Waals surface area (Å²) >= 11 is 6.08. The summed E-state index contributed by atoms with van der Waals surface area (Å²) in [4.78, 5) is 21.6. The lowest BCUT2D eigenvalue weighted by atomic mass is 10.2. The Hall–Kier alpha value is -3.97. The number of benzene rings is 2. The highest BCUT2D eigenvalue weighted by Gasteiger charge is 2.16. The molecule has 0 amide bonds. The van der Waals surface area contributed by atoms with Crippen molar-refractivity contribution in [2.75, 3.05) is 12.4 Å². The van der Waals surface area contributed by atoms with Crippen LogP contribution in [0.25, 0.3) is 17.5 Å². The van der Waals surface area contributed by atoms with E-state index in [9.17, 15) is 4.79 Å². The lowest BCUT2D eigenvalue weighted by molar-refractivity contribution is 0.0957. The molecule has 0 fully saturated rings. The van der Waals surface area contributed by atoms with E-state index in [1.165, 1.54) is 10.8 Å². The Morgan fingerprint density at radius 3 is 2.81 bits per heavy atom. The van der Waals surface area contributed by atoms with Gasteiger partial charge in [-0.15, -0.1) is 5.10 Å². The van der Waals surface area contributed by atoms with Gasteiger partial charge in [-0.3, -0.25) is 9.78 Å². The van der Waals surface area contributed by atoms with Crippen molar-refractivity contribution >= 4 is 29.5 Å². The molecule has 0 saturated heterocycles. The number of hydrogen-bond acceptors (Lipinski definition) is 6. The molecule has 0 saturated carbocycles. The van der Waals surface area contributed by atoms with Crippen molar-refractivity contribution in [3.05, 3.63) is 95.3 Å². The summed E-state index contributed by atoms with van der Waals surface area (Å²) in [5.41, 5.74) is 2.44. The third-order valence-electron chi connectivity index (χ3n) is 4.62. The molecular weight excluding hydrogens is 426 g/mol. The first-order valence-corrected chi connectivity index (χ1v) is 10.2. The number of nitrogens with one attached hydrogen (secondary N) is 1. The van der Waals surface area contributed by atoms with Crippen LogP contribution in [0.5, 0.6) is 5.75 Å². The van der Waals surface area contributed by atoms with Gasteiger partial charge in [0.05, 0.1) is 7.11 Å². The van der Waals surface area contributed by atoms with Crippen LogP contribution in [0.1, 0.15) is 15.9 Å². The van der Waals surface area contributed by atoms with Crippen LogP contribution >= 0.6 is 11.6 Å². The second-order valence-corrected chi connectivity index (χ2v) is 7.25. The van der Waals surface area contributed by atoms with Crippen molar-refractivity contribution in [3.8, 4) is 17.1 Å². The number of allylic oxidation sites excluding steroid dienone is 1. The van der Waals surface area contributed by atoms with Crippen LogP contribution in [0.4, 0.5) is 5.95 Å². The van der Waals surface area contributed by atoms with E-state index in [4.69, 9.17) is 16.3 Å². The van der Waals surface area contributed by atoms with Gasteiger partial charge in [-0.25, -0.2) is 0 Å². The molecule has 4 rings (SSSR count). The normalized spacial score (nSPS) is 10.9. The highest BCUT2D eigenvalue weighted by atomic mass is 35.5. The molecule has 7 nitrogen and oxygen atoms in total. The average molecular weight is 446 g/mol. The summed E-state index contributed by atoms with van der Waals surface area (Å²) in [5.74, 6) is 1.03. The minimum Gasteiger partial charge on any atom is -0.496 e. The van der Waals surface area contributed by atoms with Crippen LogP contribution in [-0.4, -0.2) is 32.8 Å². The summed E-state index contributed by atoms with van der Waals surface area (Å²) < 4.78 is 6.57. The van der Waals surface area contributed by atoms with Crippen molar-refractivity contribution in [2.45, 2.75) is 6.54 Å². The fourth-order valence-corrected chi connectivity index (χ4v) is 3.27. The number of aromatic nitrogens is 4. The first kappa shape index (κ1) is 21.3. The fourth-order valence-electron chi connectivity index (χ4n) is 3.06. The van der Waals surface area contributed by atoms with Crippen molar-refractivity contribution in [3.63, 3.8) is 0 Å². The lowest BCUT2D eigenvalue weighted by Crippen LogP contribution is -2.14. The van der Waals surface area contributed by atoms with Crippen molar-refractivity contribution in [2.24, 2.45) is 0 Å². The molecule has 0 bridgehead atoms. The highest BCUT2D eigenvalue weighted by molar-refractivity contribution is 6.30. The summed E-state index contributed by atoms with van der Waals surface area (Å²) in [6.07, 6.45) is 6.44. The van der Waals surface area contributed by atoms with Gasteiger partial charge in [-0.1, -0.05) is 41.9 Å². The topological polar surface area (TPSA) is 81.9 Å². The molecule has 0 atom stereocenters. The first-order valence-electron chi connectivity index (χ1n) is 9.85. The van der Waals surface area contributed by atoms with Crippen molar-refractivity contribution in [1.82, 2.24) is 19.7 Å². The van der Waals surface area contributed by atoms with Gasteiger partial charge in [0.25, 0.3) is 5.91 Å². The Bertz CT molecular complexity index is 1250. The number of nitrogens with zero attached hydrogens (tertiary/aromatic N) is 4. The summed E-state index contributed by atoms with van der Waals surface area (Å²) in [7, 11) is 1.59. The maximum atomic E-state index is 13.0. The van der Waals surface area contributed by atoms with Gasteiger partial charge >= 0.3 is 0 Å². The molecule has 1 N–H and O–H groups in total. The number of anilines is 1. The number of rotatable bonds is 7. The van der Waals surface area contributed by atoms with E-state index in [2.05, 4.69) is 20.4 Å². The SMILES string of the molecule is COc1ccccc1C=CC(=O)n1nc(-c2cccnc2)nc1NCc1cccc(Cl)c1. The Balaban J connectivity index is 1.63. The third kappa shape index (κ3) is 5.01. The molecule has 8 heteroatoms. The smallest absolute Gasteiger partial charge is 0.274 e. The largest absolute Gasteiger partial charge is 0.496 e. The highest BCUT2D eigenvalue weighted by Crippen LogP contribution is 2.21. The lowest BCUT2D eigenvalue weighted by Gasteiger charge is -2.06. The second kappa shape index (κ2) is 9.89. The zero-order valence-electron chi connectivity index (χ0n) is 17.3. The van der Waals surface area contributed by atoms with Gasteiger partial charge in [-0.2, -0.15) is 9.67 Å². The number of ether oxygens (including phenoxy) is 1. The Kier molecular flexibility index (Phi) is 6.57. The van der Waals surface area contributed by atoms with Crippen LogP contribution in [0, 0.1) is 0 Å². The summed E-state index contributed by atoms with van der Waals surface area (Å²) in [5, 5.41) is 8.23. The Morgan fingerprint density at radius 2 is 2.03 bits per heavy atom. The molecule has 4 aromatic rings. The number of carbonyl (C=O) groups excluding carboxylic acids is 1. The number of methoxy groups -OCH3 is 1. The van der Waals surface area contributed by atoms with Gasteiger partial charge in [0, 0.05) is 41.2 Å². The van der Waals surface area contributed by atoms with Gasteiger partial charge < -0.3 is 10.1 Å². The van der Waals surface area contributed by atoms with E-state index in [-0.39, 0.29) is 5.91 Å². The van der Waals surface area contributed by atoms with Crippen LogP contribution in [0.15, 0.2) is 79.1 Å². The number of carbonyl (C=O) groups is 1. The molecule has 0 radical (unpaired) electrons. The zero-order valence-corrected chi connectivity index (χ0v) is 18.0. The van der Waals surface area contributed by atoms with E-state index in [0.29, 0.717) is 34.7 Å². The minimum absolute atomic E-state index is 0.318. The molecule has 0 aliphatic carbocycles. The average Bonchev–Trinajstić information content (AvgIpc) is 3.26. The molecule has 160 valence electrons. The van der Waals surface area contributed by atoms with E-state index in [0.717, 1.165) is 11.1 Å². The van der Waals surface area contributed by atoms with Crippen molar-refractivity contribution < 1.29 is 9.53 Å². The number of para-hydroxylation sites is 1. The standard InChI is InChI=1S/C24H20ClN5O2/c1-32-21-10-3-2-7-18(21)11-12-22(31)30-24(27-15-17-6-4-9-20(25)14-17)28-23(29-30)19-8-5-13-26-16-19/h2-14,16H,15H2,1H3,(H,27,28,29). The molecule has 0 unspecified atom stereocenters. The zero-order chi connectivity index (χ0) is 22.3. The van der Waals surface area contributed by atoms with Gasteiger partial charge in [0.15, 0.2) is 5.82 Å². The van der Waals surface area contributed by atoms with Crippen LogP contribution < -0.4 is 10.1 Å². The van der Waals surface area contributed by atoms with Gasteiger partial charge in [0.1, 0.15) is 5.75 Å². The van der Waals surface area contributed by atoms with E-state index in [1.54, 1.807) is 37.7 Å². The van der Waals surface area contributed by atoms with E-state index in [1.807, 2.05) is 48.5 Å². The molecule has 0 aliphatic heterocycles. The van der Waals surface area contributed by atoms with Crippen LogP contribution in [-0.2, 0) is 6.54 Å². The minimum atomic E-state index is -0.354. The monoisotopic (exact) mass is 445 g/mol. The molecule has 0 aliphatic rings. The number of halogens is 1. The molecular formula is C24H20ClN5O2. The number of hydrogen-bond donors (Lipinski definition) is 1. The Labute approximate surface area is 190 Å². The number of pyridine rings is 1. The first-order chi connectivity index (χ1) is 15.6. The van der Waals surface area contributed by atoms with Crippen LogP contribution in [0.2, 0.25) is 5.02 Å². The van der Waals surface area contributed by atoms with Crippen LogP contribution in [0.3, 0.4) is 0 Å².